The van der Waals surface area contributed by atoms with Crippen molar-refractivity contribution >= 4 is 5.78 Å². The van der Waals surface area contributed by atoms with Gasteiger partial charge in [-0.1, -0.05) is 13.8 Å². The summed E-state index contributed by atoms with van der Waals surface area (Å²) in [5, 5.41) is 21.0. The molecular weight excluding hydrogens is 290 g/mol. The van der Waals surface area contributed by atoms with Crippen molar-refractivity contribution in [3.63, 3.8) is 0 Å². The van der Waals surface area contributed by atoms with E-state index < -0.39 is 0 Å². The molecule has 0 aromatic carbocycles. The molecule has 0 saturated heterocycles. The number of nitrogens with two attached hydrogens (primary N) is 1. The van der Waals surface area contributed by atoms with Crippen molar-refractivity contribution in [2.75, 3.05) is 0 Å². The Morgan fingerprint density at radius 1 is 1.04 bits per heavy atom. The van der Waals surface area contributed by atoms with Crippen LogP contribution in [-0.4, -0.2) is 34.2 Å². The summed E-state index contributed by atoms with van der Waals surface area (Å²) < 4.78 is 0. The number of hydrogen-bond donors (Lipinski definition) is 3. The lowest BCUT2D eigenvalue weighted by molar-refractivity contribution is -0.169. The summed E-state index contributed by atoms with van der Waals surface area (Å²) in [4.78, 5) is 12.3. The number of carbonyl (C=O) groups is 1. The molecule has 4 N–H and O–H groups in total. The predicted octanol–water partition coefficient (Wildman–Crippen LogP) is 1.87. The lowest BCUT2D eigenvalue weighted by atomic mass is 9.44. The van der Waals surface area contributed by atoms with E-state index in [-0.39, 0.29) is 46.7 Å². The van der Waals surface area contributed by atoms with Gasteiger partial charge in [-0.3, -0.25) is 4.79 Å². The van der Waals surface area contributed by atoms with Crippen LogP contribution in [0.4, 0.5) is 0 Å². The monoisotopic (exact) mass is 321 g/mol. The van der Waals surface area contributed by atoms with Gasteiger partial charge >= 0.3 is 0 Å². The zero-order valence-electron chi connectivity index (χ0n) is 14.4. The topological polar surface area (TPSA) is 83.6 Å². The van der Waals surface area contributed by atoms with Crippen molar-refractivity contribution < 1.29 is 15.0 Å². The number of aliphatic hydroxyl groups excluding tert-OH is 2. The molecule has 4 nitrogen and oxygen atoms in total. The molecule has 0 radical (unpaired) electrons. The molecular formula is C19H31NO3. The molecule has 130 valence electrons. The first-order valence-electron chi connectivity index (χ1n) is 9.42. The highest BCUT2D eigenvalue weighted by Gasteiger charge is 2.63. The molecule has 4 rings (SSSR count). The van der Waals surface area contributed by atoms with E-state index in [1.807, 2.05) is 0 Å². The zero-order chi connectivity index (χ0) is 16.6. The summed E-state index contributed by atoms with van der Waals surface area (Å²) in [7, 11) is 0. The summed E-state index contributed by atoms with van der Waals surface area (Å²) in [6.45, 7) is 4.56. The molecule has 0 spiro atoms. The molecule has 0 aromatic heterocycles. The Labute approximate surface area is 138 Å². The maximum Gasteiger partial charge on any atom is 0.150 e. The fraction of sp³-hybridized carbons (Fsp3) is 0.947. The predicted molar refractivity (Wildman–Crippen MR) is 87.5 cm³/mol. The smallest absolute Gasteiger partial charge is 0.150 e. The van der Waals surface area contributed by atoms with Gasteiger partial charge < -0.3 is 15.9 Å². The molecule has 23 heavy (non-hydrogen) atoms. The maximum absolute atomic E-state index is 12.3. The van der Waals surface area contributed by atoms with Crippen molar-refractivity contribution in [2.24, 2.45) is 40.2 Å². The van der Waals surface area contributed by atoms with Crippen LogP contribution in [0.15, 0.2) is 0 Å². The van der Waals surface area contributed by atoms with E-state index in [1.54, 1.807) is 0 Å². The molecule has 0 amide bonds. The molecule has 4 fully saturated rings. The number of ketones is 1. The Bertz CT molecular complexity index is 523. The lowest BCUT2D eigenvalue weighted by Crippen LogP contribution is -2.59. The second kappa shape index (κ2) is 5.03. The third-order valence-electron chi connectivity index (χ3n) is 8.57. The first-order chi connectivity index (χ1) is 10.8. The minimum absolute atomic E-state index is 0.128. The van der Waals surface area contributed by atoms with E-state index in [0.717, 1.165) is 38.5 Å². The fourth-order valence-electron chi connectivity index (χ4n) is 7.04. The van der Waals surface area contributed by atoms with E-state index in [0.29, 0.717) is 18.3 Å². The summed E-state index contributed by atoms with van der Waals surface area (Å²) in [5.41, 5.74) is 6.33. The molecule has 4 unspecified atom stereocenters. The summed E-state index contributed by atoms with van der Waals surface area (Å²) in [6, 6.07) is -0.348. The van der Waals surface area contributed by atoms with Gasteiger partial charge in [0.25, 0.3) is 0 Å². The van der Waals surface area contributed by atoms with Crippen LogP contribution in [0.1, 0.15) is 58.8 Å². The SMILES string of the molecule is C[C@]12CCC(O)CC1CC(O)[C@@H]1[C@H]2CC[C@]2(C)C(N)C(=O)C[C@@H]12. The highest BCUT2D eigenvalue weighted by molar-refractivity contribution is 5.87. The van der Waals surface area contributed by atoms with E-state index in [1.165, 1.54) is 0 Å². The summed E-state index contributed by atoms with van der Waals surface area (Å²) in [6.07, 6.45) is 5.63. The van der Waals surface area contributed by atoms with Crippen molar-refractivity contribution in [3.05, 3.63) is 0 Å². The number of hydrogen-bond acceptors (Lipinski definition) is 4. The first kappa shape index (κ1) is 16.0. The van der Waals surface area contributed by atoms with Crippen molar-refractivity contribution in [1.29, 1.82) is 0 Å². The average molecular weight is 321 g/mol. The molecule has 0 aromatic rings. The van der Waals surface area contributed by atoms with Gasteiger partial charge in [-0.15, -0.1) is 0 Å². The molecule has 4 aliphatic carbocycles. The summed E-state index contributed by atoms with van der Waals surface area (Å²) >= 11 is 0. The molecule has 0 bridgehead atoms. The Morgan fingerprint density at radius 3 is 2.48 bits per heavy atom. The number of Topliss-reactive ketones (excluding diaryl/α,β-unsaturated/α-hetero) is 1. The van der Waals surface area contributed by atoms with Crippen molar-refractivity contribution in [1.82, 2.24) is 0 Å². The number of fused-ring (bicyclic) bond motifs is 5. The van der Waals surface area contributed by atoms with Crippen LogP contribution in [0.25, 0.3) is 0 Å². The third kappa shape index (κ3) is 2.04. The third-order valence-corrected chi connectivity index (χ3v) is 8.57. The van der Waals surface area contributed by atoms with Crippen LogP contribution in [-0.2, 0) is 4.79 Å². The van der Waals surface area contributed by atoms with Gasteiger partial charge in [-0.05, 0) is 73.0 Å². The van der Waals surface area contributed by atoms with E-state index >= 15 is 0 Å². The average Bonchev–Trinajstić information content (AvgIpc) is 2.73. The minimum Gasteiger partial charge on any atom is -0.393 e. The van der Waals surface area contributed by atoms with Gasteiger partial charge in [0, 0.05) is 6.42 Å². The van der Waals surface area contributed by atoms with Crippen molar-refractivity contribution in [3.8, 4) is 0 Å². The van der Waals surface area contributed by atoms with Gasteiger partial charge in [0.1, 0.15) is 5.78 Å². The lowest BCUT2D eigenvalue weighted by Gasteiger charge is -2.61. The van der Waals surface area contributed by atoms with Crippen LogP contribution in [0, 0.1) is 34.5 Å². The van der Waals surface area contributed by atoms with Gasteiger partial charge in [-0.25, -0.2) is 0 Å². The molecule has 0 aliphatic heterocycles. The quantitative estimate of drug-likeness (QED) is 0.636. The summed E-state index contributed by atoms with van der Waals surface area (Å²) in [5.74, 6) is 1.53. The number of aliphatic hydroxyl groups is 2. The van der Waals surface area contributed by atoms with E-state index in [9.17, 15) is 15.0 Å². The fourth-order valence-corrected chi connectivity index (χ4v) is 7.04. The van der Waals surface area contributed by atoms with E-state index in [4.69, 9.17) is 5.73 Å². The standard InChI is InChI=1S/C19H31NO3/c1-18-5-3-11(21)7-10(18)8-14(22)16-12(18)4-6-19(2)13(16)9-15(23)17(19)20/h10-14,16-17,21-22H,3-9,20H2,1-2H3/t10?,11?,12-,13+,14?,16-,17?,18+,19+/m1/s1. The van der Waals surface area contributed by atoms with Gasteiger partial charge in [-0.2, -0.15) is 0 Å². The van der Waals surface area contributed by atoms with Gasteiger partial charge in [0.15, 0.2) is 0 Å². The Hall–Kier alpha value is -0.450. The zero-order valence-corrected chi connectivity index (χ0v) is 14.4. The van der Waals surface area contributed by atoms with Crippen LogP contribution in [0.2, 0.25) is 0 Å². The van der Waals surface area contributed by atoms with Gasteiger partial charge in [0.2, 0.25) is 0 Å². The molecule has 4 heteroatoms. The highest BCUT2D eigenvalue weighted by Crippen LogP contribution is 2.65. The van der Waals surface area contributed by atoms with Crippen LogP contribution >= 0.6 is 0 Å². The van der Waals surface area contributed by atoms with Crippen LogP contribution in [0.5, 0.6) is 0 Å². The first-order valence-corrected chi connectivity index (χ1v) is 9.42. The Morgan fingerprint density at radius 2 is 1.74 bits per heavy atom. The van der Waals surface area contributed by atoms with Crippen LogP contribution < -0.4 is 5.73 Å². The Balaban J connectivity index is 1.69. The molecule has 4 saturated carbocycles. The molecule has 0 heterocycles. The minimum atomic E-state index is -0.348. The number of rotatable bonds is 0. The van der Waals surface area contributed by atoms with E-state index in [2.05, 4.69) is 13.8 Å². The highest BCUT2D eigenvalue weighted by atomic mass is 16.3. The second-order valence-corrected chi connectivity index (χ2v) is 9.42. The van der Waals surface area contributed by atoms with Crippen LogP contribution in [0.3, 0.4) is 0 Å². The number of carbonyl (C=O) groups excluding carboxylic acids is 1. The maximum atomic E-state index is 12.3. The van der Waals surface area contributed by atoms with Crippen molar-refractivity contribution in [2.45, 2.75) is 77.0 Å². The van der Waals surface area contributed by atoms with Gasteiger partial charge in [0.05, 0.1) is 18.2 Å². The largest absolute Gasteiger partial charge is 0.393 e. The molecule has 9 atom stereocenters. The second-order valence-electron chi connectivity index (χ2n) is 9.42. The molecule has 4 aliphatic rings. The normalized spacial score (nSPS) is 59.2. The Kier molecular flexibility index (Phi) is 3.51.